The molecular formula is C16H19ClN2O3. The van der Waals surface area contributed by atoms with Crippen molar-refractivity contribution < 1.29 is 13.9 Å². The van der Waals surface area contributed by atoms with Gasteiger partial charge in [0.05, 0.1) is 20.1 Å². The summed E-state index contributed by atoms with van der Waals surface area (Å²) in [5.74, 6) is 1.64. The maximum absolute atomic E-state index is 7.57. The number of benzene rings is 1. The summed E-state index contributed by atoms with van der Waals surface area (Å²) in [6.07, 6.45) is 1.84. The molecule has 0 amide bonds. The molecule has 0 bridgehead atoms. The molecule has 1 aromatic heterocycles. The first-order valence-electron chi connectivity index (χ1n) is 6.98. The molecule has 0 saturated carbocycles. The standard InChI is InChI=1S/C16H19ClN2O3/c1-10(2)8-21-14-5-4-12(17)6-11(14)7-15-19-13(9-22-15)16(18)20-3/h4-6,9-10,18H,7-8H2,1-3H3. The Morgan fingerprint density at radius 3 is 2.86 bits per heavy atom. The second-order valence-corrected chi connectivity index (χ2v) is 5.73. The van der Waals surface area contributed by atoms with Crippen LogP contribution in [0.5, 0.6) is 5.75 Å². The van der Waals surface area contributed by atoms with Crippen LogP contribution in [0.1, 0.15) is 31.0 Å². The lowest BCUT2D eigenvalue weighted by Gasteiger charge is -2.12. The van der Waals surface area contributed by atoms with Crippen LogP contribution < -0.4 is 4.74 Å². The maximum Gasteiger partial charge on any atom is 0.235 e. The van der Waals surface area contributed by atoms with Crippen molar-refractivity contribution >= 4 is 17.5 Å². The molecule has 1 aromatic carbocycles. The van der Waals surface area contributed by atoms with E-state index in [4.69, 9.17) is 30.9 Å². The van der Waals surface area contributed by atoms with Gasteiger partial charge >= 0.3 is 0 Å². The summed E-state index contributed by atoms with van der Waals surface area (Å²) in [5.41, 5.74) is 1.26. The van der Waals surface area contributed by atoms with Crippen molar-refractivity contribution in [3.05, 3.63) is 46.6 Å². The normalized spacial score (nSPS) is 10.8. The summed E-state index contributed by atoms with van der Waals surface area (Å²) in [6.45, 7) is 4.80. The highest BCUT2D eigenvalue weighted by molar-refractivity contribution is 6.30. The molecule has 2 rings (SSSR count). The van der Waals surface area contributed by atoms with Crippen LogP contribution in [0.3, 0.4) is 0 Å². The molecule has 0 aliphatic rings. The van der Waals surface area contributed by atoms with Gasteiger partial charge in [-0.3, -0.25) is 5.41 Å². The van der Waals surface area contributed by atoms with Crippen LogP contribution in [-0.2, 0) is 11.2 Å². The topological polar surface area (TPSA) is 68.3 Å². The summed E-state index contributed by atoms with van der Waals surface area (Å²) in [7, 11) is 1.42. The molecule has 5 nitrogen and oxygen atoms in total. The number of aromatic nitrogens is 1. The Kier molecular flexibility index (Phi) is 5.44. The molecule has 118 valence electrons. The summed E-state index contributed by atoms with van der Waals surface area (Å²) < 4.78 is 16.0. The van der Waals surface area contributed by atoms with Crippen LogP contribution in [0.15, 0.2) is 28.9 Å². The van der Waals surface area contributed by atoms with E-state index in [9.17, 15) is 0 Å². The van der Waals surface area contributed by atoms with Crippen LogP contribution >= 0.6 is 11.6 Å². The van der Waals surface area contributed by atoms with E-state index < -0.39 is 0 Å². The zero-order valence-corrected chi connectivity index (χ0v) is 13.6. The number of rotatable bonds is 6. The van der Waals surface area contributed by atoms with Crippen molar-refractivity contribution in [1.82, 2.24) is 4.98 Å². The van der Waals surface area contributed by atoms with Gasteiger partial charge in [0, 0.05) is 10.6 Å². The maximum atomic E-state index is 7.57. The lowest BCUT2D eigenvalue weighted by atomic mass is 10.1. The first kappa shape index (κ1) is 16.4. The average molecular weight is 323 g/mol. The molecular weight excluding hydrogens is 304 g/mol. The highest BCUT2D eigenvalue weighted by Gasteiger charge is 2.13. The zero-order chi connectivity index (χ0) is 16.1. The van der Waals surface area contributed by atoms with Crippen molar-refractivity contribution in [1.29, 1.82) is 5.41 Å². The monoisotopic (exact) mass is 322 g/mol. The molecule has 0 saturated heterocycles. The van der Waals surface area contributed by atoms with E-state index in [0.29, 0.717) is 35.6 Å². The third kappa shape index (κ3) is 4.24. The molecule has 2 aromatic rings. The summed E-state index contributed by atoms with van der Waals surface area (Å²) in [4.78, 5) is 4.23. The number of nitrogens with zero attached hydrogens (tertiary/aromatic N) is 1. The Balaban J connectivity index is 2.18. The van der Waals surface area contributed by atoms with Crippen molar-refractivity contribution in [2.24, 2.45) is 5.92 Å². The first-order chi connectivity index (χ1) is 10.5. The fraction of sp³-hybridized carbons (Fsp3) is 0.375. The first-order valence-corrected chi connectivity index (χ1v) is 7.36. The molecule has 0 aliphatic carbocycles. The molecule has 6 heteroatoms. The van der Waals surface area contributed by atoms with E-state index in [2.05, 4.69) is 18.8 Å². The van der Waals surface area contributed by atoms with E-state index in [1.165, 1.54) is 13.4 Å². The predicted molar refractivity (Wildman–Crippen MR) is 84.9 cm³/mol. The molecule has 1 N–H and O–H groups in total. The van der Waals surface area contributed by atoms with Crippen molar-refractivity contribution in [3.63, 3.8) is 0 Å². The minimum absolute atomic E-state index is 0.0302. The van der Waals surface area contributed by atoms with Crippen molar-refractivity contribution in [2.45, 2.75) is 20.3 Å². The molecule has 1 heterocycles. The van der Waals surface area contributed by atoms with Gasteiger partial charge in [-0.15, -0.1) is 0 Å². The third-order valence-corrected chi connectivity index (χ3v) is 3.16. The van der Waals surface area contributed by atoms with Crippen LogP contribution in [-0.4, -0.2) is 24.6 Å². The van der Waals surface area contributed by atoms with Crippen LogP contribution in [0.4, 0.5) is 0 Å². The van der Waals surface area contributed by atoms with Gasteiger partial charge in [-0.25, -0.2) is 4.98 Å². The Morgan fingerprint density at radius 1 is 1.41 bits per heavy atom. The SMILES string of the molecule is COC(=N)c1coc(Cc2cc(Cl)ccc2OCC(C)C)n1. The van der Waals surface area contributed by atoms with Gasteiger partial charge < -0.3 is 13.9 Å². The molecule has 0 fully saturated rings. The van der Waals surface area contributed by atoms with Gasteiger partial charge in [-0.05, 0) is 24.1 Å². The fourth-order valence-corrected chi connectivity index (χ4v) is 2.04. The second kappa shape index (κ2) is 7.31. The van der Waals surface area contributed by atoms with E-state index in [1.807, 2.05) is 12.1 Å². The van der Waals surface area contributed by atoms with Gasteiger partial charge in [0.25, 0.3) is 0 Å². The van der Waals surface area contributed by atoms with Gasteiger partial charge in [0.2, 0.25) is 5.90 Å². The van der Waals surface area contributed by atoms with Gasteiger partial charge in [0.15, 0.2) is 11.6 Å². The molecule has 0 atom stereocenters. The highest BCUT2D eigenvalue weighted by Crippen LogP contribution is 2.26. The second-order valence-electron chi connectivity index (χ2n) is 5.29. The predicted octanol–water partition coefficient (Wildman–Crippen LogP) is 3.93. The smallest absolute Gasteiger partial charge is 0.235 e. The average Bonchev–Trinajstić information content (AvgIpc) is 2.94. The van der Waals surface area contributed by atoms with Crippen LogP contribution in [0, 0.1) is 11.3 Å². The molecule has 0 unspecified atom stereocenters. The molecule has 0 radical (unpaired) electrons. The van der Waals surface area contributed by atoms with E-state index in [-0.39, 0.29) is 5.90 Å². The van der Waals surface area contributed by atoms with Crippen LogP contribution in [0.25, 0.3) is 0 Å². The molecule has 22 heavy (non-hydrogen) atoms. The van der Waals surface area contributed by atoms with Gasteiger partial charge in [-0.2, -0.15) is 0 Å². The van der Waals surface area contributed by atoms with Crippen molar-refractivity contribution in [2.75, 3.05) is 13.7 Å². The highest BCUT2D eigenvalue weighted by atomic mass is 35.5. The van der Waals surface area contributed by atoms with E-state index in [0.717, 1.165) is 11.3 Å². The quantitative estimate of drug-likeness (QED) is 0.646. The minimum Gasteiger partial charge on any atom is -0.493 e. The lowest BCUT2D eigenvalue weighted by molar-refractivity contribution is 0.268. The fourth-order valence-electron chi connectivity index (χ4n) is 1.85. The summed E-state index contributed by atoms with van der Waals surface area (Å²) >= 11 is 6.06. The number of methoxy groups -OCH3 is 1. The van der Waals surface area contributed by atoms with Gasteiger partial charge in [-0.1, -0.05) is 25.4 Å². The Morgan fingerprint density at radius 2 is 2.18 bits per heavy atom. The lowest BCUT2D eigenvalue weighted by Crippen LogP contribution is -2.06. The van der Waals surface area contributed by atoms with Gasteiger partial charge in [0.1, 0.15) is 12.0 Å². The third-order valence-electron chi connectivity index (χ3n) is 2.92. The van der Waals surface area contributed by atoms with E-state index >= 15 is 0 Å². The zero-order valence-electron chi connectivity index (χ0n) is 12.9. The Hall–Kier alpha value is -2.01. The largest absolute Gasteiger partial charge is 0.493 e. The number of halogens is 1. The number of oxazole rings is 1. The number of hydrogen-bond donors (Lipinski definition) is 1. The number of nitrogens with one attached hydrogen (secondary N) is 1. The number of hydrogen-bond acceptors (Lipinski definition) is 5. The Labute approximate surface area is 134 Å². The summed E-state index contributed by atoms with van der Waals surface area (Å²) in [5, 5.41) is 8.20. The number of ether oxygens (including phenoxy) is 2. The Bertz CT molecular complexity index is 653. The summed E-state index contributed by atoms with van der Waals surface area (Å²) in [6, 6.07) is 5.48. The van der Waals surface area contributed by atoms with Crippen molar-refractivity contribution in [3.8, 4) is 5.75 Å². The van der Waals surface area contributed by atoms with Crippen LogP contribution in [0.2, 0.25) is 5.02 Å². The molecule has 0 aliphatic heterocycles. The molecule has 0 spiro atoms. The van der Waals surface area contributed by atoms with E-state index in [1.54, 1.807) is 6.07 Å². The minimum atomic E-state index is -0.0302.